The van der Waals surface area contributed by atoms with Gasteiger partial charge in [-0.25, -0.2) is 0 Å². The van der Waals surface area contributed by atoms with Crippen molar-refractivity contribution in [2.75, 3.05) is 26.8 Å². The Kier molecular flexibility index (Phi) is 7.46. The molecule has 0 radical (unpaired) electrons. The first kappa shape index (κ1) is 17.2. The molecule has 21 heavy (non-hydrogen) atoms. The topological polar surface area (TPSA) is 55.8 Å². The Balaban J connectivity index is 2.85. The first-order valence-corrected chi connectivity index (χ1v) is 7.16. The molecule has 5 heteroatoms. The van der Waals surface area contributed by atoms with Crippen molar-refractivity contribution >= 4 is 11.9 Å². The smallest absolute Gasteiger partial charge is 0.325 e. The number of hydrogen-bond donors (Lipinski definition) is 0. The molecule has 5 nitrogen and oxygen atoms in total. The minimum Gasteiger partial charge on any atom is -0.465 e. The van der Waals surface area contributed by atoms with Gasteiger partial charge in [0.1, 0.15) is 6.54 Å². The number of amides is 1. The second kappa shape index (κ2) is 9.13. The summed E-state index contributed by atoms with van der Waals surface area (Å²) in [6, 6.07) is 9.25. The molecule has 1 atom stereocenters. The van der Waals surface area contributed by atoms with E-state index in [0.717, 1.165) is 12.0 Å². The number of hydrogen-bond acceptors (Lipinski definition) is 4. The van der Waals surface area contributed by atoms with E-state index in [1.807, 2.05) is 37.3 Å². The van der Waals surface area contributed by atoms with E-state index in [1.54, 1.807) is 6.92 Å². The molecule has 1 unspecified atom stereocenters. The summed E-state index contributed by atoms with van der Waals surface area (Å²) in [6.07, 6.45) is 0.0586. The highest BCUT2D eigenvalue weighted by Crippen LogP contribution is 2.19. The number of carbonyl (C=O) groups excluding carboxylic acids is 2. The van der Waals surface area contributed by atoms with Crippen LogP contribution < -0.4 is 0 Å². The van der Waals surface area contributed by atoms with Gasteiger partial charge in [-0.15, -0.1) is 0 Å². The molecule has 1 aromatic rings. The number of esters is 1. The van der Waals surface area contributed by atoms with Crippen LogP contribution in [0.1, 0.15) is 31.9 Å². The molecule has 0 spiro atoms. The Labute approximate surface area is 125 Å². The van der Waals surface area contributed by atoms with Gasteiger partial charge in [0.15, 0.2) is 6.10 Å². The Morgan fingerprint density at radius 2 is 1.86 bits per heavy atom. The highest BCUT2D eigenvalue weighted by Gasteiger charge is 2.26. The molecule has 0 saturated heterocycles. The lowest BCUT2D eigenvalue weighted by Gasteiger charge is -2.25. The van der Waals surface area contributed by atoms with Crippen LogP contribution in [-0.4, -0.2) is 43.6 Å². The molecular weight excluding hydrogens is 270 g/mol. The standard InChI is InChI=1S/C16H23NO4/c1-4-11-17(12-14(18)21-5-2)16(19)15(20-3)13-9-7-6-8-10-13/h6-10,15H,4-5,11-12H2,1-3H3. The van der Waals surface area contributed by atoms with Crippen LogP contribution in [0.3, 0.4) is 0 Å². The summed E-state index contributed by atoms with van der Waals surface area (Å²) in [4.78, 5) is 25.7. The molecule has 0 saturated carbocycles. The third-order valence-electron chi connectivity index (χ3n) is 2.99. The van der Waals surface area contributed by atoms with E-state index < -0.39 is 12.1 Å². The number of ether oxygens (including phenoxy) is 2. The first-order chi connectivity index (χ1) is 10.1. The maximum absolute atomic E-state index is 12.6. The second-order valence-electron chi connectivity index (χ2n) is 4.59. The monoisotopic (exact) mass is 293 g/mol. The van der Waals surface area contributed by atoms with Crippen LogP contribution in [0.25, 0.3) is 0 Å². The molecule has 1 aromatic carbocycles. The lowest BCUT2D eigenvalue weighted by atomic mass is 10.1. The molecule has 0 heterocycles. The maximum atomic E-state index is 12.6. The molecule has 0 N–H and O–H groups in total. The highest BCUT2D eigenvalue weighted by molar-refractivity contribution is 5.86. The average Bonchev–Trinajstić information content (AvgIpc) is 2.49. The van der Waals surface area contributed by atoms with Gasteiger partial charge in [-0.2, -0.15) is 0 Å². The fourth-order valence-electron chi connectivity index (χ4n) is 2.07. The van der Waals surface area contributed by atoms with Crippen LogP contribution in [0.2, 0.25) is 0 Å². The SMILES string of the molecule is CCCN(CC(=O)OCC)C(=O)C(OC)c1ccccc1. The molecule has 0 aromatic heterocycles. The van der Waals surface area contributed by atoms with Gasteiger partial charge in [0.2, 0.25) is 0 Å². The van der Waals surface area contributed by atoms with E-state index in [4.69, 9.17) is 9.47 Å². The van der Waals surface area contributed by atoms with E-state index in [1.165, 1.54) is 12.0 Å². The predicted octanol–water partition coefficient (Wildman–Crippen LogP) is 2.18. The zero-order valence-electron chi connectivity index (χ0n) is 12.9. The van der Waals surface area contributed by atoms with Crippen LogP contribution in [0.15, 0.2) is 30.3 Å². The van der Waals surface area contributed by atoms with Gasteiger partial charge in [0.05, 0.1) is 6.61 Å². The lowest BCUT2D eigenvalue weighted by Crippen LogP contribution is -2.40. The lowest BCUT2D eigenvalue weighted by molar-refractivity contribution is -0.153. The van der Waals surface area contributed by atoms with Gasteiger partial charge >= 0.3 is 5.97 Å². The molecule has 0 aliphatic rings. The van der Waals surface area contributed by atoms with E-state index in [2.05, 4.69) is 0 Å². The summed E-state index contributed by atoms with van der Waals surface area (Å²) in [7, 11) is 1.49. The van der Waals surface area contributed by atoms with Crippen molar-refractivity contribution < 1.29 is 19.1 Å². The van der Waals surface area contributed by atoms with Gasteiger partial charge in [0, 0.05) is 13.7 Å². The van der Waals surface area contributed by atoms with Gasteiger partial charge in [-0.05, 0) is 18.9 Å². The summed E-state index contributed by atoms with van der Waals surface area (Å²) in [6.45, 7) is 4.44. The van der Waals surface area contributed by atoms with Crippen molar-refractivity contribution in [2.45, 2.75) is 26.4 Å². The van der Waals surface area contributed by atoms with Crippen LogP contribution in [0.4, 0.5) is 0 Å². The zero-order chi connectivity index (χ0) is 15.7. The average molecular weight is 293 g/mol. The Morgan fingerprint density at radius 1 is 1.19 bits per heavy atom. The minimum absolute atomic E-state index is 0.0484. The van der Waals surface area contributed by atoms with Crippen molar-refractivity contribution in [3.05, 3.63) is 35.9 Å². The van der Waals surface area contributed by atoms with Crippen LogP contribution in [0, 0.1) is 0 Å². The predicted molar refractivity (Wildman–Crippen MR) is 79.7 cm³/mol. The van der Waals surface area contributed by atoms with Crippen molar-refractivity contribution in [2.24, 2.45) is 0 Å². The number of nitrogens with zero attached hydrogens (tertiary/aromatic N) is 1. The van der Waals surface area contributed by atoms with E-state index in [-0.39, 0.29) is 12.5 Å². The Hall–Kier alpha value is -1.88. The highest BCUT2D eigenvalue weighted by atomic mass is 16.5. The maximum Gasteiger partial charge on any atom is 0.325 e. The second-order valence-corrected chi connectivity index (χ2v) is 4.59. The molecule has 1 rings (SSSR count). The van der Waals surface area contributed by atoms with Gasteiger partial charge in [-0.3, -0.25) is 9.59 Å². The van der Waals surface area contributed by atoms with E-state index in [0.29, 0.717) is 13.2 Å². The van der Waals surface area contributed by atoms with Crippen molar-refractivity contribution in [3.8, 4) is 0 Å². The number of carbonyl (C=O) groups is 2. The quantitative estimate of drug-likeness (QED) is 0.689. The molecule has 0 fully saturated rings. The van der Waals surface area contributed by atoms with Crippen molar-refractivity contribution in [3.63, 3.8) is 0 Å². The first-order valence-electron chi connectivity index (χ1n) is 7.16. The fourth-order valence-corrected chi connectivity index (χ4v) is 2.07. The van der Waals surface area contributed by atoms with Gasteiger partial charge in [0.25, 0.3) is 5.91 Å². The molecular formula is C16H23NO4. The van der Waals surface area contributed by atoms with Crippen LogP contribution >= 0.6 is 0 Å². The van der Waals surface area contributed by atoms with Crippen molar-refractivity contribution in [1.29, 1.82) is 0 Å². The number of methoxy groups -OCH3 is 1. The largest absolute Gasteiger partial charge is 0.465 e. The summed E-state index contributed by atoms with van der Waals surface area (Å²) < 4.78 is 10.2. The molecule has 1 amide bonds. The number of rotatable bonds is 8. The molecule has 116 valence electrons. The van der Waals surface area contributed by atoms with Gasteiger partial charge in [-0.1, -0.05) is 37.3 Å². The van der Waals surface area contributed by atoms with Gasteiger partial charge < -0.3 is 14.4 Å². The third-order valence-corrected chi connectivity index (χ3v) is 2.99. The van der Waals surface area contributed by atoms with E-state index >= 15 is 0 Å². The molecule has 0 aliphatic heterocycles. The van der Waals surface area contributed by atoms with E-state index in [9.17, 15) is 9.59 Å². The minimum atomic E-state index is -0.702. The fraction of sp³-hybridized carbons (Fsp3) is 0.500. The number of benzene rings is 1. The zero-order valence-corrected chi connectivity index (χ0v) is 12.9. The van der Waals surface area contributed by atoms with Crippen LogP contribution in [0.5, 0.6) is 0 Å². The Bertz CT molecular complexity index is 447. The Morgan fingerprint density at radius 3 is 2.38 bits per heavy atom. The summed E-state index contributed by atoms with van der Waals surface area (Å²) in [5.74, 6) is -0.624. The van der Waals surface area contributed by atoms with Crippen LogP contribution in [-0.2, 0) is 19.1 Å². The van der Waals surface area contributed by atoms with Crippen molar-refractivity contribution in [1.82, 2.24) is 4.90 Å². The molecule has 0 bridgehead atoms. The third kappa shape index (κ3) is 5.19. The molecule has 0 aliphatic carbocycles. The summed E-state index contributed by atoms with van der Waals surface area (Å²) in [5.41, 5.74) is 0.773. The summed E-state index contributed by atoms with van der Waals surface area (Å²) in [5, 5.41) is 0. The summed E-state index contributed by atoms with van der Waals surface area (Å²) >= 11 is 0. The normalized spacial score (nSPS) is 11.8.